The number of urea groups is 1. The minimum absolute atomic E-state index is 0.0826. The zero-order valence-electron chi connectivity index (χ0n) is 19.7. The van der Waals surface area contributed by atoms with Crippen molar-refractivity contribution in [1.82, 2.24) is 20.8 Å². The fourth-order valence-corrected chi connectivity index (χ4v) is 4.10. The Morgan fingerprint density at radius 1 is 1.15 bits per heavy atom. The summed E-state index contributed by atoms with van der Waals surface area (Å²) in [4.78, 5) is 49.4. The number of hydroxylamine groups is 3. The van der Waals surface area contributed by atoms with Gasteiger partial charge in [-0.1, -0.05) is 51.1 Å². The van der Waals surface area contributed by atoms with E-state index in [-0.39, 0.29) is 30.7 Å². The van der Waals surface area contributed by atoms with Gasteiger partial charge in [0.2, 0.25) is 0 Å². The van der Waals surface area contributed by atoms with Crippen molar-refractivity contribution < 1.29 is 29.2 Å². The number of benzene rings is 1. The average Bonchev–Trinajstić information content (AvgIpc) is 2.98. The number of carboxylic acid groups (broad SMARTS) is 1. The maximum Gasteiger partial charge on any atom is 0.405 e. The maximum atomic E-state index is 12.8. The molecule has 0 aromatic heterocycles. The third-order valence-corrected chi connectivity index (χ3v) is 6.75. The topological polar surface area (TPSA) is 120 Å². The van der Waals surface area contributed by atoms with Crippen molar-refractivity contribution in [3.63, 3.8) is 0 Å². The third-order valence-electron chi connectivity index (χ3n) is 6.75. The molecule has 1 unspecified atom stereocenters. The number of carbonyl (C=O) groups excluding carboxylic acids is 2. The van der Waals surface area contributed by atoms with Gasteiger partial charge in [0, 0.05) is 12.1 Å². The number of nitrogens with one attached hydrogen (secondary N) is 2. The first-order valence-electron chi connectivity index (χ1n) is 11.2. The molecule has 1 aromatic rings. The lowest BCUT2D eigenvalue weighted by atomic mass is 9.73. The first kappa shape index (κ1) is 24.8. The van der Waals surface area contributed by atoms with E-state index in [0.717, 1.165) is 5.56 Å². The number of piperidine rings is 1. The molecule has 4 amide bonds. The molecule has 0 aliphatic carbocycles. The van der Waals surface area contributed by atoms with Gasteiger partial charge in [0.1, 0.15) is 12.6 Å². The molecule has 2 aliphatic rings. The number of hydrogen-bond acceptors (Lipinski definition) is 5. The molecule has 2 saturated heterocycles. The molecule has 3 N–H and O–H groups in total. The van der Waals surface area contributed by atoms with E-state index in [1.807, 2.05) is 51.1 Å². The van der Waals surface area contributed by atoms with Crippen LogP contribution in [0.15, 0.2) is 30.3 Å². The van der Waals surface area contributed by atoms with Crippen LogP contribution in [0.4, 0.5) is 9.59 Å². The van der Waals surface area contributed by atoms with Gasteiger partial charge in [-0.05, 0) is 37.2 Å². The Labute approximate surface area is 194 Å². The number of amides is 4. The van der Waals surface area contributed by atoms with Crippen LogP contribution >= 0.6 is 0 Å². The third kappa shape index (κ3) is 5.75. The molecule has 33 heavy (non-hydrogen) atoms. The van der Waals surface area contributed by atoms with Crippen LogP contribution in [0.1, 0.15) is 52.5 Å². The molecule has 10 heteroatoms. The second-order valence-corrected chi connectivity index (χ2v) is 9.84. The summed E-state index contributed by atoms with van der Waals surface area (Å²) in [7, 11) is 0. The lowest BCUT2D eigenvalue weighted by molar-refractivity contribution is -0.141. The molecule has 2 fully saturated rings. The van der Waals surface area contributed by atoms with Crippen molar-refractivity contribution >= 4 is 18.0 Å². The van der Waals surface area contributed by atoms with E-state index in [2.05, 4.69) is 10.8 Å². The Morgan fingerprint density at radius 3 is 2.48 bits per heavy atom. The summed E-state index contributed by atoms with van der Waals surface area (Å²) < 4.78 is 0. The molecule has 0 spiro atoms. The van der Waals surface area contributed by atoms with Crippen molar-refractivity contribution in [2.45, 2.75) is 71.2 Å². The van der Waals surface area contributed by atoms with E-state index in [0.29, 0.717) is 25.8 Å². The van der Waals surface area contributed by atoms with Crippen LogP contribution in [0.25, 0.3) is 0 Å². The van der Waals surface area contributed by atoms with Gasteiger partial charge in [0.15, 0.2) is 0 Å². The molecule has 182 valence electrons. The smallest absolute Gasteiger partial charge is 0.405 e. The molecule has 3 rings (SSSR count). The van der Waals surface area contributed by atoms with Gasteiger partial charge in [0.25, 0.3) is 5.91 Å². The molecule has 3 atom stereocenters. The fraction of sp³-hybridized carbons (Fsp3) is 0.609. The van der Waals surface area contributed by atoms with Gasteiger partial charge in [0.05, 0.1) is 12.6 Å². The molecule has 2 bridgehead atoms. The fourth-order valence-electron chi connectivity index (χ4n) is 4.10. The number of nitrogens with zero attached hydrogens (tertiary/aromatic N) is 2. The Morgan fingerprint density at radius 2 is 1.85 bits per heavy atom. The van der Waals surface area contributed by atoms with Crippen LogP contribution in [0.3, 0.4) is 0 Å². The Bertz CT molecular complexity index is 858. The van der Waals surface area contributed by atoms with E-state index in [4.69, 9.17) is 14.8 Å². The van der Waals surface area contributed by atoms with Crippen LogP contribution < -0.4 is 10.8 Å². The summed E-state index contributed by atoms with van der Waals surface area (Å²) in [6, 6.07) is 8.56. The lowest BCUT2D eigenvalue weighted by Gasteiger charge is -2.41. The van der Waals surface area contributed by atoms with Gasteiger partial charge in [-0.2, -0.15) is 5.06 Å². The van der Waals surface area contributed by atoms with Crippen LogP contribution in [0, 0.1) is 5.41 Å². The predicted octanol–water partition coefficient (Wildman–Crippen LogP) is 2.90. The monoisotopic (exact) mass is 462 g/mol. The van der Waals surface area contributed by atoms with Crippen molar-refractivity contribution in [2.24, 2.45) is 5.41 Å². The Balaban J connectivity index is 1.49. The summed E-state index contributed by atoms with van der Waals surface area (Å²) in [5.41, 5.74) is 2.29. The zero-order chi connectivity index (χ0) is 24.2. The molecule has 2 heterocycles. The van der Waals surface area contributed by atoms with Crippen molar-refractivity contribution in [3.8, 4) is 0 Å². The first-order valence-corrected chi connectivity index (χ1v) is 11.2. The SMILES string of the molecule is CC(C)(C)C(C)(CCONC(=O)[C@@H]1CC[C@@H]2CN1C(=O)N2OCc1ccccc1)NC(=O)O. The second-order valence-electron chi connectivity index (χ2n) is 9.84. The summed E-state index contributed by atoms with van der Waals surface area (Å²) in [6.07, 6.45) is 0.413. The molecule has 0 radical (unpaired) electrons. The normalized spacial score (nSPS) is 22.1. The highest BCUT2D eigenvalue weighted by molar-refractivity contribution is 5.88. The Hall–Kier alpha value is -2.85. The molecule has 0 saturated carbocycles. The van der Waals surface area contributed by atoms with Gasteiger partial charge < -0.3 is 15.3 Å². The van der Waals surface area contributed by atoms with Crippen LogP contribution in [0.2, 0.25) is 0 Å². The first-order chi connectivity index (χ1) is 15.5. The largest absolute Gasteiger partial charge is 0.465 e. The minimum Gasteiger partial charge on any atom is -0.465 e. The van der Waals surface area contributed by atoms with E-state index >= 15 is 0 Å². The van der Waals surface area contributed by atoms with Gasteiger partial charge in [-0.25, -0.2) is 15.1 Å². The number of fused-ring (bicyclic) bond motifs is 2. The zero-order valence-corrected chi connectivity index (χ0v) is 19.7. The highest BCUT2D eigenvalue weighted by Crippen LogP contribution is 2.33. The van der Waals surface area contributed by atoms with Gasteiger partial charge in [-0.3, -0.25) is 14.5 Å². The predicted molar refractivity (Wildman–Crippen MR) is 120 cm³/mol. The molecular formula is C23H34N4O6. The van der Waals surface area contributed by atoms with Gasteiger partial charge in [-0.15, -0.1) is 0 Å². The number of hydrogen-bond donors (Lipinski definition) is 3. The van der Waals surface area contributed by atoms with Crippen molar-refractivity contribution in [1.29, 1.82) is 0 Å². The minimum atomic E-state index is -1.11. The van der Waals surface area contributed by atoms with Crippen molar-refractivity contribution in [3.05, 3.63) is 35.9 Å². The van der Waals surface area contributed by atoms with E-state index in [1.54, 1.807) is 6.92 Å². The highest BCUT2D eigenvalue weighted by atomic mass is 16.7. The average molecular weight is 463 g/mol. The molecule has 10 nitrogen and oxygen atoms in total. The van der Waals surface area contributed by atoms with Gasteiger partial charge >= 0.3 is 12.1 Å². The molecular weight excluding hydrogens is 428 g/mol. The van der Waals surface area contributed by atoms with Crippen LogP contribution in [-0.2, 0) is 21.1 Å². The number of carbonyl (C=O) groups is 3. The maximum absolute atomic E-state index is 12.8. The summed E-state index contributed by atoms with van der Waals surface area (Å²) in [6.45, 7) is 8.44. The molecule has 1 aromatic carbocycles. The highest BCUT2D eigenvalue weighted by Gasteiger charge is 2.48. The Kier molecular flexibility index (Phi) is 7.48. The standard InChI is InChI=1S/C23H34N4O6/c1-22(2,3)23(4,24-20(29)30)12-13-32-25-19(28)18-11-10-17-14-26(18)21(31)27(17)33-15-16-8-6-5-7-9-16/h5-9,17-18,24H,10-15H2,1-4H3,(H,25,28)(H,29,30)/t17-,18+,23?/m1/s1. The quantitative estimate of drug-likeness (QED) is 0.383. The summed E-state index contributed by atoms with van der Waals surface area (Å²) in [5, 5.41) is 13.1. The lowest BCUT2D eigenvalue weighted by Crippen LogP contribution is -2.55. The summed E-state index contributed by atoms with van der Waals surface area (Å²) >= 11 is 0. The summed E-state index contributed by atoms with van der Waals surface area (Å²) in [5.74, 6) is -0.393. The number of rotatable bonds is 9. The van der Waals surface area contributed by atoms with E-state index < -0.39 is 23.6 Å². The van der Waals surface area contributed by atoms with E-state index in [9.17, 15) is 14.4 Å². The van der Waals surface area contributed by atoms with E-state index in [1.165, 1.54) is 9.96 Å². The van der Waals surface area contributed by atoms with Crippen molar-refractivity contribution in [2.75, 3.05) is 13.2 Å². The molecule has 2 aliphatic heterocycles. The second kappa shape index (κ2) is 9.96. The van der Waals surface area contributed by atoms with Crippen LogP contribution in [-0.4, -0.2) is 63.9 Å². The van der Waals surface area contributed by atoms with Crippen LogP contribution in [0.5, 0.6) is 0 Å².